The Labute approximate surface area is 140 Å². The first-order valence-corrected chi connectivity index (χ1v) is 8.46. The van der Waals surface area contributed by atoms with Crippen LogP contribution < -0.4 is 10.1 Å². The van der Waals surface area contributed by atoms with E-state index < -0.39 is 0 Å². The number of guanidine groups is 1. The van der Waals surface area contributed by atoms with Crippen molar-refractivity contribution in [3.05, 3.63) is 29.8 Å². The van der Waals surface area contributed by atoms with Gasteiger partial charge in [0.2, 0.25) is 0 Å². The van der Waals surface area contributed by atoms with Crippen molar-refractivity contribution in [3.8, 4) is 5.75 Å². The van der Waals surface area contributed by atoms with Gasteiger partial charge in [0.25, 0.3) is 0 Å². The highest BCUT2D eigenvalue weighted by molar-refractivity contribution is 5.79. The summed E-state index contributed by atoms with van der Waals surface area (Å²) in [7, 11) is 5.59. The molecule has 0 aromatic heterocycles. The Morgan fingerprint density at radius 3 is 2.52 bits per heavy atom. The maximum Gasteiger partial charge on any atom is 0.193 e. The second kappa shape index (κ2) is 8.77. The Kier molecular flexibility index (Phi) is 6.71. The van der Waals surface area contributed by atoms with Crippen LogP contribution in [0.2, 0.25) is 0 Å². The molecule has 2 rings (SSSR count). The zero-order valence-corrected chi connectivity index (χ0v) is 14.9. The van der Waals surface area contributed by atoms with Gasteiger partial charge >= 0.3 is 0 Å². The number of aliphatic imine (C=N–C) groups is 1. The Morgan fingerprint density at radius 2 is 2.00 bits per heavy atom. The molecule has 0 spiro atoms. The summed E-state index contributed by atoms with van der Waals surface area (Å²) in [5, 5.41) is 3.47. The summed E-state index contributed by atoms with van der Waals surface area (Å²) in [6.07, 6.45) is 2.72. The lowest BCUT2D eigenvalue weighted by Crippen LogP contribution is -2.42. The standard InChI is InChI=1S/C18H30N4O/c1-5-22(16-8-9-16)13-12-20-18(19-2)21(3)14-15-6-10-17(23-4)11-7-15/h6-7,10-11,16H,5,8-9,12-14H2,1-4H3,(H,19,20). The van der Waals surface area contributed by atoms with E-state index in [2.05, 4.69) is 46.2 Å². The number of ether oxygens (including phenoxy) is 1. The zero-order valence-electron chi connectivity index (χ0n) is 14.9. The van der Waals surface area contributed by atoms with Crippen LogP contribution in [0.15, 0.2) is 29.3 Å². The number of nitrogens with one attached hydrogen (secondary N) is 1. The van der Waals surface area contributed by atoms with Crippen LogP contribution in [0, 0.1) is 0 Å². The summed E-state index contributed by atoms with van der Waals surface area (Å²) in [6, 6.07) is 8.99. The molecule has 0 radical (unpaired) electrons. The quantitative estimate of drug-likeness (QED) is 0.589. The van der Waals surface area contributed by atoms with Crippen LogP contribution in [0.25, 0.3) is 0 Å². The SMILES string of the molecule is CCN(CCNC(=NC)N(C)Cc1ccc(OC)cc1)C1CC1. The van der Waals surface area contributed by atoms with Crippen LogP contribution in [0.3, 0.4) is 0 Å². The molecule has 1 N–H and O–H groups in total. The highest BCUT2D eigenvalue weighted by atomic mass is 16.5. The number of rotatable bonds is 8. The third-order valence-corrected chi connectivity index (χ3v) is 4.30. The third-order valence-electron chi connectivity index (χ3n) is 4.30. The minimum Gasteiger partial charge on any atom is -0.497 e. The van der Waals surface area contributed by atoms with Gasteiger partial charge in [-0.15, -0.1) is 0 Å². The second-order valence-electron chi connectivity index (χ2n) is 6.04. The Bertz CT molecular complexity index is 496. The molecule has 5 heteroatoms. The molecule has 23 heavy (non-hydrogen) atoms. The summed E-state index contributed by atoms with van der Waals surface area (Å²) in [5.74, 6) is 1.83. The van der Waals surface area contributed by atoms with Gasteiger partial charge in [-0.3, -0.25) is 9.89 Å². The molecule has 1 aromatic carbocycles. The lowest BCUT2D eigenvalue weighted by atomic mass is 10.2. The lowest BCUT2D eigenvalue weighted by molar-refractivity contribution is 0.280. The number of hydrogen-bond donors (Lipinski definition) is 1. The van der Waals surface area contributed by atoms with Crippen molar-refractivity contribution < 1.29 is 4.74 Å². The topological polar surface area (TPSA) is 40.1 Å². The molecule has 0 aliphatic heterocycles. The van der Waals surface area contributed by atoms with Gasteiger partial charge in [0.15, 0.2) is 5.96 Å². The lowest BCUT2D eigenvalue weighted by Gasteiger charge is -2.24. The largest absolute Gasteiger partial charge is 0.497 e. The molecule has 0 atom stereocenters. The maximum atomic E-state index is 5.20. The van der Waals surface area contributed by atoms with E-state index in [9.17, 15) is 0 Å². The molecule has 1 aromatic rings. The van der Waals surface area contributed by atoms with E-state index in [4.69, 9.17) is 4.74 Å². The molecule has 1 saturated carbocycles. The first-order chi connectivity index (χ1) is 11.2. The van der Waals surface area contributed by atoms with Crippen molar-refractivity contribution in [2.24, 2.45) is 4.99 Å². The Balaban J connectivity index is 1.79. The molecule has 0 saturated heterocycles. The molecule has 0 unspecified atom stereocenters. The Hall–Kier alpha value is -1.75. The van der Waals surface area contributed by atoms with Gasteiger partial charge in [-0.2, -0.15) is 0 Å². The summed E-state index contributed by atoms with van der Waals surface area (Å²) >= 11 is 0. The molecule has 1 aliphatic rings. The molecular formula is C18H30N4O. The molecule has 128 valence electrons. The molecule has 1 fully saturated rings. The van der Waals surface area contributed by atoms with Gasteiger partial charge in [0.05, 0.1) is 7.11 Å². The van der Waals surface area contributed by atoms with Gasteiger partial charge in [-0.1, -0.05) is 19.1 Å². The van der Waals surface area contributed by atoms with Gasteiger partial charge in [0, 0.05) is 39.8 Å². The van der Waals surface area contributed by atoms with Crippen molar-refractivity contribution in [2.45, 2.75) is 32.4 Å². The van der Waals surface area contributed by atoms with Crippen molar-refractivity contribution in [2.75, 3.05) is 40.8 Å². The van der Waals surface area contributed by atoms with Crippen LogP contribution >= 0.6 is 0 Å². The van der Waals surface area contributed by atoms with E-state index in [1.165, 1.54) is 18.4 Å². The molecule has 0 bridgehead atoms. The average Bonchev–Trinajstić information content (AvgIpc) is 3.40. The first-order valence-electron chi connectivity index (χ1n) is 8.46. The number of benzene rings is 1. The van der Waals surface area contributed by atoms with E-state index in [-0.39, 0.29) is 0 Å². The van der Waals surface area contributed by atoms with Crippen molar-refractivity contribution in [1.82, 2.24) is 15.1 Å². The number of hydrogen-bond acceptors (Lipinski definition) is 3. The summed E-state index contributed by atoms with van der Waals surface area (Å²) in [6.45, 7) is 6.21. The monoisotopic (exact) mass is 318 g/mol. The summed E-state index contributed by atoms with van der Waals surface area (Å²) in [5.41, 5.74) is 1.24. The summed E-state index contributed by atoms with van der Waals surface area (Å²) in [4.78, 5) is 9.08. The van der Waals surface area contributed by atoms with Crippen molar-refractivity contribution in [3.63, 3.8) is 0 Å². The number of likely N-dealkylation sites (N-methyl/N-ethyl adjacent to an activating group) is 1. The molecular weight excluding hydrogens is 288 g/mol. The van der Waals surface area contributed by atoms with Gasteiger partial charge in [-0.25, -0.2) is 0 Å². The number of methoxy groups -OCH3 is 1. The fourth-order valence-corrected chi connectivity index (χ4v) is 2.81. The second-order valence-corrected chi connectivity index (χ2v) is 6.04. The van der Waals surface area contributed by atoms with E-state index >= 15 is 0 Å². The highest BCUT2D eigenvalue weighted by Gasteiger charge is 2.27. The first kappa shape index (κ1) is 17.6. The summed E-state index contributed by atoms with van der Waals surface area (Å²) < 4.78 is 5.20. The van der Waals surface area contributed by atoms with E-state index in [1.807, 2.05) is 19.2 Å². The van der Waals surface area contributed by atoms with E-state index in [0.29, 0.717) is 0 Å². The van der Waals surface area contributed by atoms with Crippen molar-refractivity contribution >= 4 is 5.96 Å². The Morgan fingerprint density at radius 1 is 1.30 bits per heavy atom. The van der Waals surface area contributed by atoms with Crippen LogP contribution in [0.1, 0.15) is 25.3 Å². The minimum absolute atomic E-state index is 0.820. The maximum absolute atomic E-state index is 5.20. The van der Waals surface area contributed by atoms with Crippen LogP contribution in [0.5, 0.6) is 5.75 Å². The highest BCUT2D eigenvalue weighted by Crippen LogP contribution is 2.25. The van der Waals surface area contributed by atoms with E-state index in [1.54, 1.807) is 7.11 Å². The molecule has 0 heterocycles. The third kappa shape index (κ3) is 5.43. The van der Waals surface area contributed by atoms with Crippen LogP contribution in [-0.4, -0.2) is 62.6 Å². The van der Waals surface area contributed by atoms with Crippen LogP contribution in [-0.2, 0) is 6.54 Å². The van der Waals surface area contributed by atoms with Gasteiger partial charge in [0.1, 0.15) is 5.75 Å². The fourth-order valence-electron chi connectivity index (χ4n) is 2.81. The molecule has 1 aliphatic carbocycles. The van der Waals surface area contributed by atoms with Gasteiger partial charge in [-0.05, 0) is 37.1 Å². The average molecular weight is 318 g/mol. The van der Waals surface area contributed by atoms with E-state index in [0.717, 1.165) is 43.9 Å². The molecule has 5 nitrogen and oxygen atoms in total. The van der Waals surface area contributed by atoms with Crippen LogP contribution in [0.4, 0.5) is 0 Å². The normalized spacial score (nSPS) is 14.9. The zero-order chi connectivity index (χ0) is 16.7. The fraction of sp³-hybridized carbons (Fsp3) is 0.611. The van der Waals surface area contributed by atoms with Gasteiger partial charge < -0.3 is 15.0 Å². The van der Waals surface area contributed by atoms with Crippen molar-refractivity contribution in [1.29, 1.82) is 0 Å². The predicted molar refractivity (Wildman–Crippen MR) is 96.1 cm³/mol. The predicted octanol–water partition coefficient (Wildman–Crippen LogP) is 2.19. The minimum atomic E-state index is 0.820. The smallest absolute Gasteiger partial charge is 0.193 e. The molecule has 0 amide bonds. The number of nitrogens with zero attached hydrogens (tertiary/aromatic N) is 3.